The average Bonchev–Trinajstić information content (AvgIpc) is 2.86. The zero-order valence-electron chi connectivity index (χ0n) is 9.26. The molecule has 0 radical (unpaired) electrons. The first-order valence-corrected chi connectivity index (χ1v) is 6.07. The van der Waals surface area contributed by atoms with Crippen molar-refractivity contribution in [1.82, 2.24) is 4.98 Å². The van der Waals surface area contributed by atoms with E-state index >= 15 is 0 Å². The Hall–Kier alpha value is -1.63. The topological polar surface area (TPSA) is 91.5 Å². The number of nitrogen functional groups attached to an aromatic ring is 1. The van der Waals surface area contributed by atoms with Gasteiger partial charge in [0.2, 0.25) is 0 Å². The molecule has 1 fully saturated rings. The van der Waals surface area contributed by atoms with E-state index in [4.69, 9.17) is 15.2 Å². The molecule has 1 atom stereocenters. The van der Waals surface area contributed by atoms with E-state index in [1.807, 2.05) is 0 Å². The van der Waals surface area contributed by atoms with E-state index in [1.54, 1.807) is 12.3 Å². The second-order valence-corrected chi connectivity index (χ2v) is 4.48. The van der Waals surface area contributed by atoms with Crippen molar-refractivity contribution in [1.29, 1.82) is 0 Å². The fourth-order valence-electron chi connectivity index (χ4n) is 1.72. The van der Waals surface area contributed by atoms with E-state index in [2.05, 4.69) is 4.98 Å². The Morgan fingerprint density at radius 1 is 1.76 bits per heavy atom. The largest absolute Gasteiger partial charge is 0.463 e. The highest BCUT2D eigenvalue weighted by Crippen LogP contribution is 2.38. The lowest BCUT2D eigenvalue weighted by Crippen LogP contribution is -2.37. The highest BCUT2D eigenvalue weighted by Gasteiger charge is 2.52. The van der Waals surface area contributed by atoms with E-state index in [0.717, 1.165) is 0 Å². The number of anilines is 1. The van der Waals surface area contributed by atoms with Gasteiger partial charge >= 0.3 is 11.9 Å². The summed E-state index contributed by atoms with van der Waals surface area (Å²) in [5, 5.41) is 1.94. The molecule has 0 unspecified atom stereocenters. The van der Waals surface area contributed by atoms with Crippen LogP contribution in [0.15, 0.2) is 5.38 Å². The lowest BCUT2D eigenvalue weighted by molar-refractivity contribution is -0.175. The van der Waals surface area contributed by atoms with Crippen LogP contribution in [0.25, 0.3) is 0 Å². The van der Waals surface area contributed by atoms with Crippen LogP contribution in [-0.4, -0.2) is 23.5 Å². The molecule has 6 nitrogen and oxygen atoms in total. The molecule has 92 valence electrons. The lowest BCUT2D eigenvalue weighted by Gasteiger charge is -2.22. The normalized spacial score (nSPS) is 23.5. The van der Waals surface area contributed by atoms with Gasteiger partial charge in [0.25, 0.3) is 5.60 Å². The van der Waals surface area contributed by atoms with Crippen LogP contribution in [0.4, 0.5) is 5.13 Å². The summed E-state index contributed by atoms with van der Waals surface area (Å²) in [6.07, 6.45) is 0.421. The summed E-state index contributed by atoms with van der Waals surface area (Å²) in [4.78, 5) is 27.2. The van der Waals surface area contributed by atoms with Crippen molar-refractivity contribution in [3.8, 4) is 0 Å². The number of hydrogen-bond acceptors (Lipinski definition) is 7. The lowest BCUT2D eigenvalue weighted by atomic mass is 9.97. The van der Waals surface area contributed by atoms with Crippen molar-refractivity contribution in [2.75, 3.05) is 12.3 Å². The number of cyclic esters (lactones) is 1. The summed E-state index contributed by atoms with van der Waals surface area (Å²) in [6.45, 7) is 1.91. The van der Waals surface area contributed by atoms with Gasteiger partial charge in [0.05, 0.1) is 13.0 Å². The number of nitrogens with two attached hydrogens (primary N) is 1. The quantitative estimate of drug-likeness (QED) is 0.805. The molecule has 2 rings (SSSR count). The first-order valence-electron chi connectivity index (χ1n) is 5.19. The van der Waals surface area contributed by atoms with Crippen LogP contribution in [0.5, 0.6) is 0 Å². The second kappa shape index (κ2) is 4.33. The molecular weight excluding hydrogens is 244 g/mol. The molecule has 0 saturated carbocycles. The molecule has 1 saturated heterocycles. The molecule has 1 aromatic rings. The van der Waals surface area contributed by atoms with Crippen LogP contribution in [0.2, 0.25) is 0 Å². The molecule has 0 bridgehead atoms. The third-order valence-electron chi connectivity index (χ3n) is 2.51. The van der Waals surface area contributed by atoms with Crippen LogP contribution in [0, 0.1) is 0 Å². The molecule has 2 heterocycles. The van der Waals surface area contributed by atoms with Crippen molar-refractivity contribution in [3.05, 3.63) is 11.1 Å². The van der Waals surface area contributed by atoms with Gasteiger partial charge in [-0.05, 0) is 6.92 Å². The number of carbonyl (C=O) groups is 2. The summed E-state index contributed by atoms with van der Waals surface area (Å²) in [7, 11) is 0. The number of nitrogens with zero attached hydrogens (tertiary/aromatic N) is 1. The number of aromatic nitrogens is 1. The Morgan fingerprint density at radius 3 is 3.00 bits per heavy atom. The fraction of sp³-hybridized carbons (Fsp3) is 0.500. The molecule has 0 aromatic carbocycles. The Labute approximate surface area is 102 Å². The number of thiazole rings is 1. The van der Waals surface area contributed by atoms with Crippen LogP contribution in [-0.2, 0) is 24.7 Å². The van der Waals surface area contributed by atoms with Gasteiger partial charge in [-0.3, -0.25) is 4.79 Å². The standard InChI is InChI=1S/C10H12N2O4S/c1-2-15-8(14)10(4-3-7(13)16-10)6-5-17-9(11)12-6/h5H,2-4H2,1H3,(H2,11,12)/t10-/m0/s1. The van der Waals surface area contributed by atoms with Crippen LogP contribution in [0.1, 0.15) is 25.5 Å². The van der Waals surface area contributed by atoms with E-state index in [9.17, 15) is 9.59 Å². The third kappa shape index (κ3) is 1.97. The molecule has 7 heteroatoms. The van der Waals surface area contributed by atoms with Crippen LogP contribution >= 0.6 is 11.3 Å². The van der Waals surface area contributed by atoms with Crippen LogP contribution < -0.4 is 5.73 Å². The molecule has 0 amide bonds. The predicted octanol–water partition coefficient (Wildman–Crippen LogP) is 0.821. The molecule has 1 aliphatic rings. The maximum absolute atomic E-state index is 11.9. The average molecular weight is 256 g/mol. The molecule has 1 aliphatic heterocycles. The molecular formula is C10H12N2O4S. The smallest absolute Gasteiger partial charge is 0.357 e. The van der Waals surface area contributed by atoms with Gasteiger partial charge in [0.1, 0.15) is 5.69 Å². The zero-order chi connectivity index (χ0) is 12.5. The van der Waals surface area contributed by atoms with Gasteiger partial charge in [0, 0.05) is 11.8 Å². The SMILES string of the molecule is CCOC(=O)[C@@]1(c2csc(N)n2)CCC(=O)O1. The molecule has 1 aromatic heterocycles. The summed E-state index contributed by atoms with van der Waals surface area (Å²) in [5.41, 5.74) is 4.48. The number of ether oxygens (including phenoxy) is 2. The molecule has 0 spiro atoms. The van der Waals surface area contributed by atoms with Crippen molar-refractivity contribution in [3.63, 3.8) is 0 Å². The highest BCUT2D eigenvalue weighted by molar-refractivity contribution is 7.13. The van der Waals surface area contributed by atoms with Gasteiger partial charge in [-0.25, -0.2) is 9.78 Å². The summed E-state index contributed by atoms with van der Waals surface area (Å²) >= 11 is 1.19. The van der Waals surface area contributed by atoms with Crippen molar-refractivity contribution >= 4 is 28.4 Å². The van der Waals surface area contributed by atoms with E-state index in [0.29, 0.717) is 10.8 Å². The summed E-state index contributed by atoms with van der Waals surface area (Å²) < 4.78 is 10.1. The Balaban J connectivity index is 2.37. The minimum absolute atomic E-state index is 0.177. The highest BCUT2D eigenvalue weighted by atomic mass is 32.1. The summed E-state index contributed by atoms with van der Waals surface area (Å²) in [5.74, 6) is -1.01. The summed E-state index contributed by atoms with van der Waals surface area (Å²) in [6, 6.07) is 0. The monoisotopic (exact) mass is 256 g/mol. The van der Waals surface area contributed by atoms with Crippen molar-refractivity contribution < 1.29 is 19.1 Å². The van der Waals surface area contributed by atoms with E-state index < -0.39 is 17.5 Å². The van der Waals surface area contributed by atoms with Gasteiger partial charge in [-0.2, -0.15) is 0 Å². The van der Waals surface area contributed by atoms with Gasteiger partial charge < -0.3 is 15.2 Å². The first-order chi connectivity index (χ1) is 8.08. The molecule has 17 heavy (non-hydrogen) atoms. The van der Waals surface area contributed by atoms with Gasteiger partial charge in [-0.15, -0.1) is 11.3 Å². The second-order valence-electron chi connectivity index (χ2n) is 3.59. The Morgan fingerprint density at radius 2 is 2.53 bits per heavy atom. The minimum atomic E-state index is -1.40. The van der Waals surface area contributed by atoms with Crippen molar-refractivity contribution in [2.24, 2.45) is 0 Å². The molecule has 0 aliphatic carbocycles. The Kier molecular flexibility index (Phi) is 3.01. The fourth-order valence-corrected chi connectivity index (χ4v) is 2.35. The minimum Gasteiger partial charge on any atom is -0.463 e. The Bertz CT molecular complexity index is 459. The van der Waals surface area contributed by atoms with Crippen molar-refractivity contribution in [2.45, 2.75) is 25.4 Å². The molecule has 2 N–H and O–H groups in total. The number of hydrogen-bond donors (Lipinski definition) is 1. The number of carbonyl (C=O) groups excluding carboxylic acids is 2. The number of rotatable bonds is 3. The van der Waals surface area contributed by atoms with Crippen LogP contribution in [0.3, 0.4) is 0 Å². The maximum atomic E-state index is 11.9. The number of esters is 2. The third-order valence-corrected chi connectivity index (χ3v) is 3.18. The first kappa shape index (κ1) is 11.8. The predicted molar refractivity (Wildman–Crippen MR) is 60.2 cm³/mol. The van der Waals surface area contributed by atoms with E-state index in [-0.39, 0.29) is 19.4 Å². The van der Waals surface area contributed by atoms with Gasteiger partial charge in [0.15, 0.2) is 5.13 Å². The maximum Gasteiger partial charge on any atom is 0.357 e. The zero-order valence-corrected chi connectivity index (χ0v) is 10.1. The van der Waals surface area contributed by atoms with E-state index in [1.165, 1.54) is 11.3 Å². The van der Waals surface area contributed by atoms with Gasteiger partial charge in [-0.1, -0.05) is 0 Å².